The minimum atomic E-state index is -0.315. The minimum absolute atomic E-state index is 0.302. The van der Waals surface area contributed by atoms with Crippen LogP contribution in [0.15, 0.2) is 12.4 Å². The number of hydrogen-bond donors (Lipinski definition) is 0. The van der Waals surface area contributed by atoms with Crippen LogP contribution in [0.2, 0.25) is 0 Å². The fraction of sp³-hybridized carbons (Fsp3) is 0.812. The summed E-state index contributed by atoms with van der Waals surface area (Å²) in [4.78, 5) is 2.32. The standard InChI is InChI=1S/C16H28BN3O2/c1-15(2)16(3,4)22-17(21-15)12-10-18-20(11-12)14-8-7-13(9-14)19(5)6/h10-11,13-14H,7-9H2,1-6H3. The van der Waals surface area contributed by atoms with Crippen molar-refractivity contribution in [1.29, 1.82) is 0 Å². The van der Waals surface area contributed by atoms with Crippen LogP contribution in [0.25, 0.3) is 0 Å². The second kappa shape index (κ2) is 5.36. The molecule has 22 heavy (non-hydrogen) atoms. The molecule has 2 fully saturated rings. The highest BCUT2D eigenvalue weighted by atomic mass is 16.7. The third-order valence-electron chi connectivity index (χ3n) is 5.63. The maximum atomic E-state index is 6.10. The molecule has 1 aromatic heterocycles. The monoisotopic (exact) mass is 305 g/mol. The van der Waals surface area contributed by atoms with Gasteiger partial charge in [-0.2, -0.15) is 5.10 Å². The molecule has 1 saturated carbocycles. The van der Waals surface area contributed by atoms with E-state index in [4.69, 9.17) is 9.31 Å². The minimum Gasteiger partial charge on any atom is -0.399 e. The molecule has 2 atom stereocenters. The Kier molecular flexibility index (Phi) is 3.90. The van der Waals surface area contributed by atoms with Crippen LogP contribution < -0.4 is 5.46 Å². The lowest BCUT2D eigenvalue weighted by molar-refractivity contribution is 0.00578. The van der Waals surface area contributed by atoms with Gasteiger partial charge >= 0.3 is 7.12 Å². The van der Waals surface area contributed by atoms with E-state index in [1.165, 1.54) is 12.8 Å². The second-order valence-corrected chi connectivity index (χ2v) is 7.93. The van der Waals surface area contributed by atoms with Crippen molar-refractivity contribution < 1.29 is 9.31 Å². The number of hydrogen-bond acceptors (Lipinski definition) is 4. The lowest BCUT2D eigenvalue weighted by Crippen LogP contribution is -2.41. The first-order valence-corrected chi connectivity index (χ1v) is 8.26. The normalized spacial score (nSPS) is 30.4. The third-order valence-corrected chi connectivity index (χ3v) is 5.63. The Labute approximate surface area is 134 Å². The summed E-state index contributed by atoms with van der Waals surface area (Å²) in [5.74, 6) is 0. The number of aromatic nitrogens is 2. The molecule has 0 amide bonds. The van der Waals surface area contributed by atoms with Gasteiger partial charge in [0.25, 0.3) is 0 Å². The zero-order valence-corrected chi connectivity index (χ0v) is 14.7. The van der Waals surface area contributed by atoms with E-state index in [0.717, 1.165) is 11.9 Å². The van der Waals surface area contributed by atoms with Crippen molar-refractivity contribution in [2.24, 2.45) is 0 Å². The highest BCUT2D eigenvalue weighted by molar-refractivity contribution is 6.61. The van der Waals surface area contributed by atoms with Crippen molar-refractivity contribution in [2.75, 3.05) is 14.1 Å². The van der Waals surface area contributed by atoms with Gasteiger partial charge in [-0.25, -0.2) is 0 Å². The van der Waals surface area contributed by atoms with Crippen LogP contribution in [0.5, 0.6) is 0 Å². The van der Waals surface area contributed by atoms with Crippen molar-refractivity contribution in [1.82, 2.24) is 14.7 Å². The topological polar surface area (TPSA) is 39.5 Å². The molecular weight excluding hydrogens is 277 g/mol. The molecule has 3 rings (SSSR count). The molecule has 5 nitrogen and oxygen atoms in total. The van der Waals surface area contributed by atoms with Gasteiger partial charge in [0, 0.05) is 23.9 Å². The third kappa shape index (κ3) is 2.72. The SMILES string of the molecule is CN(C)C1CCC(n2cc(B3OC(C)(C)C(C)(C)O3)cn2)C1. The predicted molar refractivity (Wildman–Crippen MR) is 88.3 cm³/mol. The summed E-state index contributed by atoms with van der Waals surface area (Å²) in [6.45, 7) is 8.32. The van der Waals surface area contributed by atoms with E-state index in [2.05, 4.69) is 62.7 Å². The molecule has 1 aliphatic carbocycles. The molecule has 1 aliphatic heterocycles. The van der Waals surface area contributed by atoms with E-state index >= 15 is 0 Å². The van der Waals surface area contributed by atoms with Gasteiger partial charge in [0.05, 0.1) is 17.2 Å². The van der Waals surface area contributed by atoms with Gasteiger partial charge in [0.2, 0.25) is 0 Å². The summed E-state index contributed by atoms with van der Waals surface area (Å²) >= 11 is 0. The number of rotatable bonds is 3. The van der Waals surface area contributed by atoms with Crippen molar-refractivity contribution in [3.05, 3.63) is 12.4 Å². The first kappa shape index (κ1) is 16.0. The Bertz CT molecular complexity index is 525. The van der Waals surface area contributed by atoms with Crippen molar-refractivity contribution in [2.45, 2.75) is 70.2 Å². The molecule has 6 heteroatoms. The molecule has 1 saturated heterocycles. The first-order valence-electron chi connectivity index (χ1n) is 8.26. The Balaban J connectivity index is 1.71. The first-order chi connectivity index (χ1) is 10.2. The lowest BCUT2D eigenvalue weighted by Gasteiger charge is -2.32. The number of nitrogens with zero attached hydrogens (tertiary/aromatic N) is 3. The summed E-state index contributed by atoms with van der Waals surface area (Å²) in [5, 5.41) is 4.57. The van der Waals surface area contributed by atoms with Crippen LogP contribution >= 0.6 is 0 Å². The Morgan fingerprint density at radius 1 is 1.18 bits per heavy atom. The summed E-state index contributed by atoms with van der Waals surface area (Å²) in [7, 11) is 4.00. The maximum absolute atomic E-state index is 6.10. The van der Waals surface area contributed by atoms with Crippen LogP contribution in [-0.2, 0) is 9.31 Å². The van der Waals surface area contributed by atoms with Crippen LogP contribution in [0.1, 0.15) is 53.0 Å². The van der Waals surface area contributed by atoms with E-state index in [-0.39, 0.29) is 18.3 Å². The molecule has 2 heterocycles. The summed E-state index contributed by atoms with van der Waals surface area (Å²) in [6, 6.07) is 1.15. The van der Waals surface area contributed by atoms with Gasteiger partial charge in [-0.15, -0.1) is 0 Å². The molecule has 0 bridgehead atoms. The van der Waals surface area contributed by atoms with Crippen molar-refractivity contribution in [3.63, 3.8) is 0 Å². The van der Waals surface area contributed by atoms with Crippen molar-refractivity contribution in [3.8, 4) is 0 Å². The van der Waals surface area contributed by atoms with Crippen LogP contribution in [-0.4, -0.2) is 53.1 Å². The van der Waals surface area contributed by atoms with E-state index in [9.17, 15) is 0 Å². The van der Waals surface area contributed by atoms with E-state index in [1.54, 1.807) is 0 Å². The van der Waals surface area contributed by atoms with Crippen LogP contribution in [0.3, 0.4) is 0 Å². The van der Waals surface area contributed by atoms with Gasteiger partial charge in [0.15, 0.2) is 0 Å². The summed E-state index contributed by atoms with van der Waals surface area (Å²) < 4.78 is 14.3. The highest BCUT2D eigenvalue weighted by Gasteiger charge is 2.52. The molecule has 0 aromatic carbocycles. The van der Waals surface area contributed by atoms with Crippen LogP contribution in [0.4, 0.5) is 0 Å². The summed E-state index contributed by atoms with van der Waals surface area (Å²) in [6.07, 6.45) is 7.59. The molecule has 0 spiro atoms. The second-order valence-electron chi connectivity index (χ2n) is 7.93. The molecule has 2 aliphatic rings. The van der Waals surface area contributed by atoms with Gasteiger partial charge < -0.3 is 14.2 Å². The summed E-state index contributed by atoms with van der Waals surface area (Å²) in [5.41, 5.74) is 0.415. The highest BCUT2D eigenvalue weighted by Crippen LogP contribution is 2.36. The van der Waals surface area contributed by atoms with Gasteiger partial charge in [-0.1, -0.05) is 0 Å². The largest absolute Gasteiger partial charge is 0.498 e. The quantitative estimate of drug-likeness (QED) is 0.799. The van der Waals surface area contributed by atoms with Gasteiger partial charge in [-0.05, 0) is 61.1 Å². The molecule has 0 N–H and O–H groups in total. The molecule has 122 valence electrons. The molecule has 0 radical (unpaired) electrons. The maximum Gasteiger partial charge on any atom is 0.498 e. The van der Waals surface area contributed by atoms with Gasteiger partial charge in [0.1, 0.15) is 0 Å². The van der Waals surface area contributed by atoms with Gasteiger partial charge in [-0.3, -0.25) is 4.68 Å². The van der Waals surface area contributed by atoms with E-state index in [0.29, 0.717) is 12.1 Å². The fourth-order valence-electron chi connectivity index (χ4n) is 3.30. The average Bonchev–Trinajstić information content (AvgIpc) is 3.09. The molecular formula is C16H28BN3O2. The van der Waals surface area contributed by atoms with E-state index in [1.807, 2.05) is 6.20 Å². The average molecular weight is 305 g/mol. The Morgan fingerprint density at radius 3 is 2.36 bits per heavy atom. The Hall–Kier alpha value is -0.845. The van der Waals surface area contributed by atoms with Crippen LogP contribution in [0, 0.1) is 0 Å². The predicted octanol–water partition coefficient (Wildman–Crippen LogP) is 1.84. The van der Waals surface area contributed by atoms with E-state index < -0.39 is 0 Å². The Morgan fingerprint density at radius 2 is 1.82 bits per heavy atom. The zero-order chi connectivity index (χ0) is 16.1. The van der Waals surface area contributed by atoms with Crippen molar-refractivity contribution >= 4 is 12.6 Å². The molecule has 1 aromatic rings. The lowest BCUT2D eigenvalue weighted by atomic mass is 9.82. The smallest absolute Gasteiger partial charge is 0.399 e. The fourth-order valence-corrected chi connectivity index (χ4v) is 3.30. The molecule has 2 unspecified atom stereocenters. The zero-order valence-electron chi connectivity index (χ0n) is 14.7.